The van der Waals surface area contributed by atoms with Gasteiger partial charge in [0.2, 0.25) is 5.89 Å². The first-order chi connectivity index (χ1) is 9.51. The summed E-state index contributed by atoms with van der Waals surface area (Å²) in [6.07, 6.45) is 2.19. The topological polar surface area (TPSA) is 81.2 Å². The molecule has 1 heterocycles. The summed E-state index contributed by atoms with van der Waals surface area (Å²) in [7, 11) is 0. The molecule has 0 aliphatic rings. The third-order valence-corrected chi connectivity index (χ3v) is 2.60. The molecule has 2 rings (SSSR count). The third-order valence-electron chi connectivity index (χ3n) is 2.60. The number of halogens is 2. The summed E-state index contributed by atoms with van der Waals surface area (Å²) in [6, 6.07) is 1.30. The maximum Gasteiger partial charge on any atom is 0.275 e. The van der Waals surface area contributed by atoms with Crippen LogP contribution in [0.3, 0.4) is 0 Å². The van der Waals surface area contributed by atoms with E-state index in [-0.39, 0.29) is 12.4 Å². The molecular weight excluding hydrogens is 272 g/mol. The summed E-state index contributed by atoms with van der Waals surface area (Å²) in [6.45, 7) is 1.86. The minimum Gasteiger partial charge on any atom is -0.444 e. The quantitative estimate of drug-likeness (QED) is 0.673. The van der Waals surface area contributed by atoms with Crippen LogP contribution >= 0.6 is 0 Å². The van der Waals surface area contributed by atoms with Crippen LogP contribution in [0.15, 0.2) is 22.7 Å². The van der Waals surface area contributed by atoms with E-state index in [2.05, 4.69) is 10.3 Å². The molecule has 0 aliphatic heterocycles. The monoisotopic (exact) mass is 283 g/mol. The summed E-state index contributed by atoms with van der Waals surface area (Å²) >= 11 is 0. The number of hydrogen-bond donors (Lipinski definition) is 1. The number of nitro benzene ring substituents is 1. The minimum atomic E-state index is -1.04. The molecule has 0 aliphatic carbocycles. The van der Waals surface area contributed by atoms with Gasteiger partial charge in [0.05, 0.1) is 29.8 Å². The third kappa shape index (κ3) is 2.90. The van der Waals surface area contributed by atoms with Crippen molar-refractivity contribution in [1.29, 1.82) is 0 Å². The van der Waals surface area contributed by atoms with E-state index >= 15 is 0 Å². The highest BCUT2D eigenvalue weighted by Crippen LogP contribution is 2.25. The Hall–Kier alpha value is -2.51. The Kier molecular flexibility index (Phi) is 3.92. The molecular formula is C12H11F2N3O3. The molecule has 0 spiro atoms. The number of rotatable bonds is 5. The van der Waals surface area contributed by atoms with Crippen molar-refractivity contribution < 1.29 is 18.1 Å². The lowest BCUT2D eigenvalue weighted by Gasteiger charge is -2.06. The number of aryl methyl sites for hydroxylation is 1. The van der Waals surface area contributed by atoms with Crippen molar-refractivity contribution in [3.8, 4) is 0 Å². The highest BCUT2D eigenvalue weighted by atomic mass is 19.1. The molecule has 0 saturated heterocycles. The molecule has 106 valence electrons. The second kappa shape index (κ2) is 5.64. The van der Waals surface area contributed by atoms with E-state index in [0.717, 1.165) is 0 Å². The van der Waals surface area contributed by atoms with Gasteiger partial charge in [0.15, 0.2) is 11.6 Å². The zero-order valence-electron chi connectivity index (χ0n) is 10.5. The molecule has 0 saturated carbocycles. The molecule has 0 fully saturated rings. The van der Waals surface area contributed by atoms with Crippen LogP contribution in [0.5, 0.6) is 0 Å². The fraction of sp³-hybridized carbons (Fsp3) is 0.250. The van der Waals surface area contributed by atoms with E-state index in [4.69, 9.17) is 4.42 Å². The first kappa shape index (κ1) is 13.9. The number of oxazole rings is 1. The van der Waals surface area contributed by atoms with Gasteiger partial charge in [-0.05, 0) is 0 Å². The van der Waals surface area contributed by atoms with Gasteiger partial charge in [-0.2, -0.15) is 0 Å². The van der Waals surface area contributed by atoms with Crippen molar-refractivity contribution in [1.82, 2.24) is 4.98 Å². The van der Waals surface area contributed by atoms with E-state index in [0.29, 0.717) is 24.3 Å². The van der Waals surface area contributed by atoms with Gasteiger partial charge in [0, 0.05) is 6.42 Å². The molecule has 2 aromatic rings. The van der Waals surface area contributed by atoms with E-state index in [1.165, 1.54) is 6.20 Å². The number of aromatic nitrogens is 1. The zero-order valence-corrected chi connectivity index (χ0v) is 10.5. The molecule has 0 atom stereocenters. The predicted octanol–water partition coefficient (Wildman–Crippen LogP) is 3.04. The second-order valence-corrected chi connectivity index (χ2v) is 3.97. The Bertz CT molecular complexity index is 620. The lowest BCUT2D eigenvalue weighted by Crippen LogP contribution is -2.05. The van der Waals surface area contributed by atoms with Gasteiger partial charge in [-0.3, -0.25) is 10.1 Å². The number of nitro groups is 1. The summed E-state index contributed by atoms with van der Waals surface area (Å²) in [5, 5.41) is 12.9. The summed E-state index contributed by atoms with van der Waals surface area (Å²) < 4.78 is 32.4. The molecule has 8 heteroatoms. The number of benzene rings is 1. The van der Waals surface area contributed by atoms with Gasteiger partial charge in [-0.15, -0.1) is 0 Å². The van der Waals surface area contributed by atoms with Gasteiger partial charge >= 0.3 is 0 Å². The van der Waals surface area contributed by atoms with Gasteiger partial charge < -0.3 is 9.73 Å². The molecule has 0 amide bonds. The molecule has 6 nitrogen and oxygen atoms in total. The van der Waals surface area contributed by atoms with Crippen LogP contribution in [-0.2, 0) is 13.0 Å². The average molecular weight is 283 g/mol. The fourth-order valence-corrected chi connectivity index (χ4v) is 1.59. The largest absolute Gasteiger partial charge is 0.444 e. The van der Waals surface area contributed by atoms with Crippen LogP contribution in [-0.4, -0.2) is 9.91 Å². The Morgan fingerprint density at radius 1 is 1.40 bits per heavy atom. The first-order valence-electron chi connectivity index (χ1n) is 5.82. The van der Waals surface area contributed by atoms with Crippen molar-refractivity contribution >= 4 is 11.4 Å². The number of nitrogens with one attached hydrogen (secondary N) is 1. The Balaban J connectivity index is 2.15. The highest BCUT2D eigenvalue weighted by Gasteiger charge is 2.17. The van der Waals surface area contributed by atoms with Gasteiger partial charge in [0.1, 0.15) is 11.4 Å². The van der Waals surface area contributed by atoms with E-state index in [1.54, 1.807) is 0 Å². The van der Waals surface area contributed by atoms with Crippen LogP contribution in [0.1, 0.15) is 18.6 Å². The predicted molar refractivity (Wildman–Crippen MR) is 66.2 cm³/mol. The number of nitrogens with zero attached hydrogens (tertiary/aromatic N) is 2. The van der Waals surface area contributed by atoms with Crippen molar-refractivity contribution in [2.75, 3.05) is 5.32 Å². The molecule has 0 bridgehead atoms. The Morgan fingerprint density at radius 2 is 2.05 bits per heavy atom. The SMILES string of the molecule is CCc1cnc(CNc2c(F)cc([N+](=O)[O-])cc2F)o1. The number of anilines is 1. The second-order valence-electron chi connectivity index (χ2n) is 3.97. The van der Waals surface area contributed by atoms with Gasteiger partial charge in [0.25, 0.3) is 5.69 Å². The van der Waals surface area contributed by atoms with E-state index in [9.17, 15) is 18.9 Å². The summed E-state index contributed by atoms with van der Waals surface area (Å²) in [5.41, 5.74) is -1.10. The fourth-order valence-electron chi connectivity index (χ4n) is 1.59. The van der Waals surface area contributed by atoms with Crippen molar-refractivity contribution in [3.05, 3.63) is 51.7 Å². The van der Waals surface area contributed by atoms with Crippen molar-refractivity contribution in [2.24, 2.45) is 0 Å². The maximum atomic E-state index is 13.6. The lowest BCUT2D eigenvalue weighted by molar-refractivity contribution is -0.385. The maximum absolute atomic E-state index is 13.6. The Labute approximate surface area is 112 Å². The molecule has 0 unspecified atom stereocenters. The lowest BCUT2D eigenvalue weighted by atomic mass is 10.2. The number of hydrogen-bond acceptors (Lipinski definition) is 5. The summed E-state index contributed by atoms with van der Waals surface area (Å²) in [5.74, 6) is -1.15. The normalized spacial score (nSPS) is 10.6. The molecule has 20 heavy (non-hydrogen) atoms. The highest BCUT2D eigenvalue weighted by molar-refractivity contribution is 5.51. The van der Waals surface area contributed by atoms with Crippen molar-refractivity contribution in [3.63, 3.8) is 0 Å². The summed E-state index contributed by atoms with van der Waals surface area (Å²) in [4.78, 5) is 13.5. The van der Waals surface area contributed by atoms with Crippen LogP contribution < -0.4 is 5.32 Å². The Morgan fingerprint density at radius 3 is 2.55 bits per heavy atom. The standard InChI is InChI=1S/C12H11F2N3O3/c1-2-8-5-15-11(20-8)6-16-12-9(13)3-7(17(18)19)4-10(12)14/h3-5,16H,2,6H2,1H3. The molecule has 1 N–H and O–H groups in total. The smallest absolute Gasteiger partial charge is 0.275 e. The van der Waals surface area contributed by atoms with Gasteiger partial charge in [-0.1, -0.05) is 6.92 Å². The molecule has 1 aromatic heterocycles. The van der Waals surface area contributed by atoms with Crippen LogP contribution in [0, 0.1) is 21.7 Å². The zero-order chi connectivity index (χ0) is 14.7. The van der Waals surface area contributed by atoms with E-state index < -0.39 is 27.9 Å². The first-order valence-corrected chi connectivity index (χ1v) is 5.82. The number of non-ortho nitro benzene ring substituents is 1. The average Bonchev–Trinajstić information content (AvgIpc) is 2.85. The van der Waals surface area contributed by atoms with Crippen LogP contribution in [0.2, 0.25) is 0 Å². The van der Waals surface area contributed by atoms with Crippen LogP contribution in [0.25, 0.3) is 0 Å². The van der Waals surface area contributed by atoms with E-state index in [1.807, 2.05) is 6.92 Å². The van der Waals surface area contributed by atoms with Gasteiger partial charge in [-0.25, -0.2) is 13.8 Å². The molecule has 1 aromatic carbocycles. The minimum absolute atomic E-state index is 0.0222. The van der Waals surface area contributed by atoms with Crippen molar-refractivity contribution in [2.45, 2.75) is 19.9 Å². The molecule has 0 radical (unpaired) electrons. The van der Waals surface area contributed by atoms with Crippen LogP contribution in [0.4, 0.5) is 20.2 Å².